The van der Waals surface area contributed by atoms with Gasteiger partial charge in [0.25, 0.3) is 0 Å². The van der Waals surface area contributed by atoms with E-state index < -0.39 is 6.09 Å². The van der Waals surface area contributed by atoms with Gasteiger partial charge in [0.05, 0.1) is 17.9 Å². The molecule has 212 valence electrons. The first kappa shape index (κ1) is 27.6. The van der Waals surface area contributed by atoms with Gasteiger partial charge in [0.2, 0.25) is 5.91 Å². The number of carbonyl (C=O) groups excluding carboxylic acids is 2. The normalized spacial score (nSPS) is 42.4. The van der Waals surface area contributed by atoms with Crippen molar-refractivity contribution < 1.29 is 19.5 Å². The SMILES string of the molecule is C/C(=N\OC(=O)NCC1CCC(C(=O)N(C)C)N1)[C@H]1CC[C@H]2[C@@H]3CCC4=C[C@H](O)CC[C@]4(C)[C@H]3CC[C@]12C. The molecule has 3 saturated carbocycles. The topological polar surface area (TPSA) is 103 Å². The molecule has 2 amide bonds. The van der Waals surface area contributed by atoms with Gasteiger partial charge in [-0.2, -0.15) is 0 Å². The van der Waals surface area contributed by atoms with Gasteiger partial charge >= 0.3 is 6.09 Å². The molecule has 3 N–H and O–H groups in total. The molecule has 5 aliphatic rings. The summed E-state index contributed by atoms with van der Waals surface area (Å²) in [7, 11) is 3.52. The van der Waals surface area contributed by atoms with E-state index in [4.69, 9.17) is 4.84 Å². The summed E-state index contributed by atoms with van der Waals surface area (Å²) in [6.07, 6.45) is 12.1. The fraction of sp³-hybridized carbons (Fsp3) is 0.833. The smallest absolute Gasteiger partial charge is 0.389 e. The average Bonchev–Trinajstić information content (AvgIpc) is 3.50. The zero-order valence-corrected chi connectivity index (χ0v) is 24.0. The van der Waals surface area contributed by atoms with Crippen molar-refractivity contribution in [3.8, 4) is 0 Å². The number of hydrogen-bond acceptors (Lipinski definition) is 6. The van der Waals surface area contributed by atoms with Gasteiger partial charge in [0.1, 0.15) is 0 Å². The molecule has 8 nitrogen and oxygen atoms in total. The third kappa shape index (κ3) is 4.91. The predicted octanol–water partition coefficient (Wildman–Crippen LogP) is 4.24. The molecule has 1 saturated heterocycles. The van der Waals surface area contributed by atoms with Gasteiger partial charge in [0, 0.05) is 32.6 Å². The van der Waals surface area contributed by atoms with Crippen molar-refractivity contribution >= 4 is 17.7 Å². The fourth-order valence-electron chi connectivity index (χ4n) is 9.30. The number of carbonyl (C=O) groups is 2. The van der Waals surface area contributed by atoms with Crippen LogP contribution in [-0.4, -0.2) is 66.5 Å². The number of rotatable bonds is 5. The second-order valence-electron chi connectivity index (χ2n) is 13.5. The Bertz CT molecular complexity index is 995. The Hall–Kier alpha value is -1.93. The van der Waals surface area contributed by atoms with Gasteiger partial charge in [-0.3, -0.25) is 9.63 Å². The second-order valence-corrected chi connectivity index (χ2v) is 13.5. The zero-order chi connectivity index (χ0) is 27.2. The van der Waals surface area contributed by atoms with E-state index in [1.165, 1.54) is 31.3 Å². The van der Waals surface area contributed by atoms with E-state index in [0.717, 1.165) is 50.2 Å². The Kier molecular flexibility index (Phi) is 7.68. The van der Waals surface area contributed by atoms with Crippen LogP contribution in [0, 0.1) is 34.5 Å². The highest BCUT2D eigenvalue weighted by atomic mass is 16.7. The van der Waals surface area contributed by atoms with E-state index in [0.29, 0.717) is 24.3 Å². The first-order valence-electron chi connectivity index (χ1n) is 14.9. The minimum absolute atomic E-state index is 0.0614. The Balaban J connectivity index is 1.16. The Morgan fingerprint density at radius 3 is 2.66 bits per heavy atom. The van der Waals surface area contributed by atoms with Gasteiger partial charge in [-0.05, 0) is 99.7 Å². The van der Waals surface area contributed by atoms with E-state index in [-0.39, 0.29) is 34.9 Å². The molecular weight excluding hydrogens is 480 g/mol. The quantitative estimate of drug-likeness (QED) is 0.214. The highest BCUT2D eigenvalue weighted by Crippen LogP contribution is 2.66. The number of aliphatic hydroxyl groups excluding tert-OH is 1. The molecule has 1 heterocycles. The van der Waals surface area contributed by atoms with Gasteiger partial charge in [-0.1, -0.05) is 30.7 Å². The lowest BCUT2D eigenvalue weighted by atomic mass is 9.46. The van der Waals surface area contributed by atoms with Crippen LogP contribution in [-0.2, 0) is 9.63 Å². The molecule has 0 aromatic carbocycles. The van der Waals surface area contributed by atoms with Crippen LogP contribution in [0.3, 0.4) is 0 Å². The summed E-state index contributed by atoms with van der Waals surface area (Å²) in [6.45, 7) is 7.37. The molecule has 0 spiro atoms. The van der Waals surface area contributed by atoms with Gasteiger partial charge in [0.15, 0.2) is 0 Å². The lowest BCUT2D eigenvalue weighted by Gasteiger charge is -2.58. The summed E-state index contributed by atoms with van der Waals surface area (Å²) in [4.78, 5) is 31.5. The summed E-state index contributed by atoms with van der Waals surface area (Å²) >= 11 is 0. The number of likely N-dealkylation sites (N-methyl/N-ethyl adjacent to an activating group) is 1. The van der Waals surface area contributed by atoms with Crippen LogP contribution >= 0.6 is 0 Å². The molecule has 38 heavy (non-hydrogen) atoms. The van der Waals surface area contributed by atoms with Crippen LogP contribution < -0.4 is 10.6 Å². The van der Waals surface area contributed by atoms with Crippen molar-refractivity contribution in [3.05, 3.63) is 11.6 Å². The van der Waals surface area contributed by atoms with Crippen LogP contribution in [0.2, 0.25) is 0 Å². The number of nitrogens with zero attached hydrogens (tertiary/aromatic N) is 2. The van der Waals surface area contributed by atoms with Crippen LogP contribution in [0.15, 0.2) is 16.8 Å². The summed E-state index contributed by atoms with van der Waals surface area (Å²) in [5, 5.41) is 20.7. The van der Waals surface area contributed by atoms with Crippen molar-refractivity contribution in [1.82, 2.24) is 15.5 Å². The van der Waals surface area contributed by atoms with Gasteiger partial charge < -0.3 is 20.6 Å². The minimum Gasteiger partial charge on any atom is -0.389 e. The van der Waals surface area contributed by atoms with Gasteiger partial charge in [-0.15, -0.1) is 0 Å². The van der Waals surface area contributed by atoms with E-state index in [1.807, 2.05) is 6.92 Å². The van der Waals surface area contributed by atoms with Crippen molar-refractivity contribution in [2.24, 2.45) is 39.7 Å². The molecule has 0 bridgehead atoms. The highest BCUT2D eigenvalue weighted by Gasteiger charge is 2.59. The maximum Gasteiger partial charge on any atom is 0.433 e. The predicted molar refractivity (Wildman–Crippen MR) is 147 cm³/mol. The third-order valence-electron chi connectivity index (χ3n) is 11.3. The molecule has 0 aromatic rings. The maximum absolute atomic E-state index is 12.4. The maximum atomic E-state index is 12.4. The Labute approximate surface area is 228 Å². The number of allylic oxidation sites excluding steroid dienone is 1. The number of aliphatic hydroxyl groups is 1. The van der Waals surface area contributed by atoms with E-state index in [1.54, 1.807) is 19.0 Å². The van der Waals surface area contributed by atoms with E-state index in [9.17, 15) is 14.7 Å². The molecule has 4 aliphatic carbocycles. The summed E-state index contributed by atoms with van der Waals surface area (Å²) < 4.78 is 0. The molecule has 2 unspecified atom stereocenters. The highest BCUT2D eigenvalue weighted by molar-refractivity contribution is 5.85. The standard InChI is InChI=1S/C30H48N4O4/c1-18(33-38-28(37)31-17-20-7-11-26(32-20)27(36)34(4)5)23-9-10-24-22-8-6-19-16-21(35)12-14-29(19,2)25(22)13-15-30(23,24)3/h16,20-26,32,35H,6-15,17H2,1-5H3,(H,31,37)/b33-18+/t20?,21-,22+,23-,24+,25+,26?,29+,30-/m1/s1. The van der Waals surface area contributed by atoms with E-state index in [2.05, 4.69) is 35.7 Å². The summed E-state index contributed by atoms with van der Waals surface area (Å²) in [6, 6.07) is -0.121. The van der Waals surface area contributed by atoms with Crippen LogP contribution in [0.1, 0.15) is 85.0 Å². The largest absolute Gasteiger partial charge is 0.433 e. The number of oxime groups is 1. The van der Waals surface area contributed by atoms with Crippen molar-refractivity contribution in [2.75, 3.05) is 20.6 Å². The molecule has 9 atom stereocenters. The lowest BCUT2D eigenvalue weighted by Crippen LogP contribution is -2.51. The molecule has 0 aromatic heterocycles. The van der Waals surface area contributed by atoms with Crippen molar-refractivity contribution in [1.29, 1.82) is 0 Å². The lowest BCUT2D eigenvalue weighted by molar-refractivity contribution is -0.130. The van der Waals surface area contributed by atoms with Crippen LogP contribution in [0.25, 0.3) is 0 Å². The first-order chi connectivity index (χ1) is 18.0. The number of hydrogen-bond donors (Lipinski definition) is 3. The molecule has 5 rings (SSSR count). The minimum atomic E-state index is -0.532. The number of amides is 2. The molecule has 0 radical (unpaired) electrons. The summed E-state index contributed by atoms with van der Waals surface area (Å²) in [5.41, 5.74) is 2.89. The third-order valence-corrected chi connectivity index (χ3v) is 11.3. The molecular formula is C30H48N4O4. The zero-order valence-electron chi connectivity index (χ0n) is 24.0. The molecule has 4 fully saturated rings. The molecule has 8 heteroatoms. The second kappa shape index (κ2) is 10.6. The Morgan fingerprint density at radius 2 is 1.89 bits per heavy atom. The fourth-order valence-corrected chi connectivity index (χ4v) is 9.30. The Morgan fingerprint density at radius 1 is 1.11 bits per heavy atom. The number of nitrogens with one attached hydrogen (secondary N) is 2. The summed E-state index contributed by atoms with van der Waals surface area (Å²) in [5.74, 6) is 2.54. The van der Waals surface area contributed by atoms with Crippen molar-refractivity contribution in [3.63, 3.8) is 0 Å². The first-order valence-corrected chi connectivity index (χ1v) is 14.9. The molecule has 1 aliphatic heterocycles. The van der Waals surface area contributed by atoms with E-state index >= 15 is 0 Å². The number of fused-ring (bicyclic) bond motifs is 5. The van der Waals surface area contributed by atoms with Crippen LogP contribution in [0.4, 0.5) is 4.79 Å². The van der Waals surface area contributed by atoms with Crippen LogP contribution in [0.5, 0.6) is 0 Å². The monoisotopic (exact) mass is 528 g/mol. The average molecular weight is 529 g/mol. The van der Waals surface area contributed by atoms with Gasteiger partial charge in [-0.25, -0.2) is 4.79 Å². The van der Waals surface area contributed by atoms with Crippen molar-refractivity contribution in [2.45, 2.75) is 103 Å².